The minimum Gasteiger partial charge on any atom is -0.507 e. The van der Waals surface area contributed by atoms with Crippen molar-refractivity contribution < 1.29 is 38.6 Å². The maximum absolute atomic E-state index is 14.6. The van der Waals surface area contributed by atoms with Crippen LogP contribution < -0.4 is 21.9 Å². The number of rotatable bonds is 6. The molecule has 48 heavy (non-hydrogen) atoms. The second kappa shape index (κ2) is 11.6. The van der Waals surface area contributed by atoms with Gasteiger partial charge in [0.2, 0.25) is 5.91 Å². The molecule has 2 aromatic carbocycles. The van der Waals surface area contributed by atoms with Crippen molar-refractivity contribution in [1.82, 2.24) is 9.80 Å². The van der Waals surface area contributed by atoms with Crippen LogP contribution in [-0.4, -0.2) is 109 Å². The number of fused-ring (bicyclic) bond motifs is 3. The number of primary amides is 1. The molecule has 3 fully saturated rings. The van der Waals surface area contributed by atoms with Gasteiger partial charge in [0.15, 0.2) is 34.5 Å². The van der Waals surface area contributed by atoms with Gasteiger partial charge in [-0.2, -0.15) is 5.26 Å². The van der Waals surface area contributed by atoms with Crippen molar-refractivity contribution in [3.05, 3.63) is 47.0 Å². The number of morpholine rings is 1. The van der Waals surface area contributed by atoms with Gasteiger partial charge in [-0.1, -0.05) is 12.1 Å². The molecule has 14 nitrogen and oxygen atoms in total. The van der Waals surface area contributed by atoms with E-state index in [1.807, 2.05) is 18.2 Å². The first kappa shape index (κ1) is 33.4. The molecular weight excluding hydrogens is 620 g/mol. The molecule has 1 amide bonds. The zero-order valence-electron chi connectivity index (χ0n) is 26.9. The van der Waals surface area contributed by atoms with Gasteiger partial charge in [-0.05, 0) is 61.8 Å². The molecule has 0 bridgehead atoms. The van der Waals surface area contributed by atoms with Crippen LogP contribution in [-0.2, 0) is 36.9 Å². The largest absolute Gasteiger partial charge is 0.507 e. The molecule has 1 saturated heterocycles. The zero-order valence-corrected chi connectivity index (χ0v) is 26.9. The third-order valence-corrected chi connectivity index (χ3v) is 10.5. The standard InChI is InChI=1S/C34H38N6O8/c1-39(2)28-27(43)24(31(36)46)29(44)33(16-35)30(45)25-26(42)23-20(13-32(25,37)15-34(28,33)38)18(5-6-21(23)41)19-12-17(4-7-22(19)47-3)14-40-8-10-48-11-9-40/h4-7,12,24-25,28,41H,8-11,13-15,37-38H2,1-3H3,(H2,36,46)/t24?,25?,28-,32-,33+,34-/m1/s1. The summed E-state index contributed by atoms with van der Waals surface area (Å²) in [5, 5.41) is 21.7. The molecule has 2 saturated carbocycles. The van der Waals surface area contributed by atoms with E-state index in [0.717, 1.165) is 18.7 Å². The van der Waals surface area contributed by atoms with E-state index < -0.39 is 75.6 Å². The van der Waals surface area contributed by atoms with Crippen molar-refractivity contribution in [1.29, 1.82) is 5.26 Å². The van der Waals surface area contributed by atoms with Crippen LogP contribution in [0.3, 0.4) is 0 Å². The number of amides is 1. The lowest BCUT2D eigenvalue weighted by Crippen LogP contribution is -2.85. The number of nitriles is 1. The highest BCUT2D eigenvalue weighted by molar-refractivity contribution is 6.33. The Morgan fingerprint density at radius 3 is 2.40 bits per heavy atom. The summed E-state index contributed by atoms with van der Waals surface area (Å²) in [4.78, 5) is 72.7. The fourth-order valence-corrected chi connectivity index (χ4v) is 8.54. The number of phenols is 1. The third kappa shape index (κ3) is 4.53. The number of nitrogens with two attached hydrogens (primary N) is 3. The molecule has 0 spiro atoms. The number of likely N-dealkylation sites (N-methyl/N-ethyl adjacent to an activating group) is 1. The summed E-state index contributed by atoms with van der Waals surface area (Å²) in [5.41, 5.74) is 14.8. The average Bonchev–Trinajstić information content (AvgIpc) is 3.00. The van der Waals surface area contributed by atoms with Gasteiger partial charge >= 0.3 is 0 Å². The Bertz CT molecular complexity index is 1810. The highest BCUT2D eigenvalue weighted by atomic mass is 16.5. The van der Waals surface area contributed by atoms with Gasteiger partial charge in [0.25, 0.3) is 0 Å². The summed E-state index contributed by atoms with van der Waals surface area (Å²) in [6.45, 7) is 3.41. The van der Waals surface area contributed by atoms with Crippen molar-refractivity contribution in [3.8, 4) is 28.7 Å². The van der Waals surface area contributed by atoms with Crippen LogP contribution in [0.5, 0.6) is 11.5 Å². The summed E-state index contributed by atoms with van der Waals surface area (Å²) in [5.74, 6) is -9.64. The number of Topliss-reactive ketones (excluding diaryl/α,β-unsaturated/α-hetero) is 4. The Kier molecular flexibility index (Phi) is 8.05. The van der Waals surface area contributed by atoms with Crippen LogP contribution in [0.25, 0.3) is 11.1 Å². The quantitative estimate of drug-likeness (QED) is 0.282. The molecule has 2 unspecified atom stereocenters. The van der Waals surface area contributed by atoms with Gasteiger partial charge in [-0.15, -0.1) is 0 Å². The van der Waals surface area contributed by atoms with Crippen LogP contribution in [0.1, 0.15) is 27.9 Å². The Morgan fingerprint density at radius 2 is 1.79 bits per heavy atom. The van der Waals surface area contributed by atoms with Crippen molar-refractivity contribution >= 4 is 29.0 Å². The Labute approximate surface area is 276 Å². The summed E-state index contributed by atoms with van der Waals surface area (Å²) < 4.78 is 11.2. The van der Waals surface area contributed by atoms with Crippen LogP contribution in [0, 0.1) is 28.6 Å². The molecule has 252 valence electrons. The second-order valence-electron chi connectivity index (χ2n) is 13.5. The first-order chi connectivity index (χ1) is 22.7. The van der Waals surface area contributed by atoms with E-state index in [4.69, 9.17) is 26.7 Å². The van der Waals surface area contributed by atoms with Crippen LogP contribution >= 0.6 is 0 Å². The number of methoxy groups -OCH3 is 1. The number of carbonyl (C=O) groups is 5. The predicted molar refractivity (Wildman–Crippen MR) is 169 cm³/mol. The minimum absolute atomic E-state index is 0.180. The first-order valence-electron chi connectivity index (χ1n) is 15.6. The van der Waals surface area contributed by atoms with Gasteiger partial charge in [0, 0.05) is 30.7 Å². The van der Waals surface area contributed by atoms with E-state index in [-0.39, 0.29) is 12.0 Å². The molecule has 4 aliphatic rings. The molecule has 0 aromatic heterocycles. The SMILES string of the molecule is COc1ccc(CN2CCOCC2)cc1-c1ccc(O)c2c1C[C@@]1(N)C[C@@]3(N)[C@H](N(C)C)C(=O)C(C(N)=O)C(=O)[C@@]3(C#N)C(=O)C1C2=O. The maximum Gasteiger partial charge on any atom is 0.235 e. The van der Waals surface area contributed by atoms with E-state index in [1.165, 1.54) is 32.2 Å². The third-order valence-electron chi connectivity index (χ3n) is 10.5. The molecule has 7 N–H and O–H groups in total. The number of carbonyl (C=O) groups excluding carboxylic acids is 5. The Hall–Kier alpha value is -4.52. The number of aromatic hydroxyl groups is 1. The fraction of sp³-hybridized carbons (Fsp3) is 0.471. The summed E-state index contributed by atoms with van der Waals surface area (Å²) >= 11 is 0. The highest BCUT2D eigenvalue weighted by Crippen LogP contribution is 2.57. The van der Waals surface area contributed by atoms with Gasteiger partial charge in [0.1, 0.15) is 17.4 Å². The molecular formula is C34H38N6O8. The monoisotopic (exact) mass is 658 g/mol. The molecule has 1 heterocycles. The number of phenolic OH excluding ortho intramolecular Hbond substituents is 1. The topological polar surface area (TPSA) is 232 Å². The van der Waals surface area contributed by atoms with E-state index >= 15 is 0 Å². The fourth-order valence-electron chi connectivity index (χ4n) is 8.54. The summed E-state index contributed by atoms with van der Waals surface area (Å²) in [6, 6.07) is 8.89. The number of ether oxygens (including phenoxy) is 2. The van der Waals surface area contributed by atoms with Crippen molar-refractivity contribution in [2.75, 3.05) is 47.5 Å². The van der Waals surface area contributed by atoms with Gasteiger partial charge < -0.3 is 31.8 Å². The lowest BCUT2D eigenvalue weighted by Gasteiger charge is -2.60. The molecule has 6 atom stereocenters. The molecule has 0 radical (unpaired) electrons. The van der Waals surface area contributed by atoms with Crippen molar-refractivity contribution in [3.63, 3.8) is 0 Å². The van der Waals surface area contributed by atoms with E-state index in [1.54, 1.807) is 12.1 Å². The number of nitrogens with zero attached hydrogens (tertiary/aromatic N) is 3. The lowest BCUT2D eigenvalue weighted by atomic mass is 9.42. The van der Waals surface area contributed by atoms with Crippen LogP contribution in [0.4, 0.5) is 0 Å². The highest BCUT2D eigenvalue weighted by Gasteiger charge is 2.78. The van der Waals surface area contributed by atoms with Gasteiger partial charge in [-0.25, -0.2) is 0 Å². The number of ketones is 4. The summed E-state index contributed by atoms with van der Waals surface area (Å²) in [7, 11) is 4.43. The first-order valence-corrected chi connectivity index (χ1v) is 15.6. The predicted octanol–water partition coefficient (Wildman–Crippen LogP) is -0.684. The van der Waals surface area contributed by atoms with E-state index in [2.05, 4.69) is 4.90 Å². The number of benzene rings is 2. The molecule has 1 aliphatic heterocycles. The lowest BCUT2D eigenvalue weighted by molar-refractivity contribution is -0.166. The Morgan fingerprint density at radius 1 is 1.10 bits per heavy atom. The average molecular weight is 659 g/mol. The second-order valence-corrected chi connectivity index (χ2v) is 13.5. The molecule has 6 rings (SSSR count). The van der Waals surface area contributed by atoms with E-state index in [9.17, 15) is 34.3 Å². The molecule has 14 heteroatoms. The van der Waals surface area contributed by atoms with Crippen molar-refractivity contribution in [2.45, 2.75) is 36.5 Å². The Balaban J connectivity index is 1.53. The van der Waals surface area contributed by atoms with Crippen LogP contribution in [0.2, 0.25) is 0 Å². The van der Waals surface area contributed by atoms with E-state index in [0.29, 0.717) is 42.2 Å². The molecule has 3 aliphatic carbocycles. The number of hydrogen-bond acceptors (Lipinski definition) is 13. The van der Waals surface area contributed by atoms with Crippen LogP contribution in [0.15, 0.2) is 30.3 Å². The van der Waals surface area contributed by atoms with Gasteiger partial charge in [0.05, 0.1) is 43.5 Å². The minimum atomic E-state index is -2.81. The number of hydrogen-bond donors (Lipinski definition) is 4. The molecule has 2 aromatic rings. The smallest absolute Gasteiger partial charge is 0.235 e. The van der Waals surface area contributed by atoms with Crippen molar-refractivity contribution in [2.24, 2.45) is 34.5 Å². The summed E-state index contributed by atoms with van der Waals surface area (Å²) in [6.07, 6.45) is -0.683. The van der Waals surface area contributed by atoms with Gasteiger partial charge in [-0.3, -0.25) is 33.8 Å². The maximum atomic E-state index is 14.6. The normalized spacial score (nSPS) is 31.9. The zero-order chi connectivity index (χ0) is 34.9.